The fourth-order valence-corrected chi connectivity index (χ4v) is 4.00. The van der Waals surface area contributed by atoms with Crippen LogP contribution in [-0.2, 0) is 27.8 Å². The molecule has 2 atom stereocenters. The van der Waals surface area contributed by atoms with Crippen molar-refractivity contribution < 1.29 is 14.7 Å². The molecule has 1 aliphatic rings. The maximum atomic E-state index is 12.6. The van der Waals surface area contributed by atoms with E-state index in [0.717, 1.165) is 34.4 Å². The number of nitrogens with zero attached hydrogens (tertiary/aromatic N) is 1. The van der Waals surface area contributed by atoms with E-state index in [2.05, 4.69) is 16.7 Å². The summed E-state index contributed by atoms with van der Waals surface area (Å²) in [5, 5.41) is 25.3. The predicted octanol–water partition coefficient (Wildman–Crippen LogP) is 3.56. The van der Waals surface area contributed by atoms with Crippen molar-refractivity contribution in [3.63, 3.8) is 0 Å². The topological polar surface area (TPSA) is 102 Å². The fourth-order valence-electron chi connectivity index (χ4n) is 4.00. The lowest BCUT2D eigenvalue weighted by molar-refractivity contribution is -0.142. The Hall–Kier alpha value is -3.17. The maximum absolute atomic E-state index is 12.6. The Morgan fingerprint density at radius 3 is 2.77 bits per heavy atom. The van der Waals surface area contributed by atoms with Crippen molar-refractivity contribution in [3.8, 4) is 6.07 Å². The van der Waals surface area contributed by atoms with E-state index in [1.54, 1.807) is 26.0 Å². The normalized spacial score (nSPS) is 16.7. The number of carboxylic acids is 1. The van der Waals surface area contributed by atoms with E-state index in [-0.39, 0.29) is 17.9 Å². The molecule has 162 valence electrons. The number of aryl methyl sites for hydroxylation is 1. The van der Waals surface area contributed by atoms with E-state index < -0.39 is 11.4 Å². The predicted molar refractivity (Wildman–Crippen MR) is 120 cm³/mol. The highest BCUT2D eigenvalue weighted by atomic mass is 16.4. The van der Waals surface area contributed by atoms with Gasteiger partial charge in [-0.3, -0.25) is 9.59 Å². The molecule has 3 rings (SSSR count). The number of nitriles is 1. The molecule has 1 amide bonds. The van der Waals surface area contributed by atoms with Gasteiger partial charge in [0.15, 0.2) is 0 Å². The van der Waals surface area contributed by atoms with E-state index in [1.165, 1.54) is 0 Å². The molecule has 2 aromatic carbocycles. The minimum Gasteiger partial charge on any atom is -0.481 e. The molecule has 0 aliphatic carbocycles. The number of benzene rings is 2. The van der Waals surface area contributed by atoms with Crippen molar-refractivity contribution in [2.75, 3.05) is 11.9 Å². The third-order valence-corrected chi connectivity index (χ3v) is 6.38. The first-order chi connectivity index (χ1) is 14.6. The smallest absolute Gasteiger partial charge is 0.313 e. The number of hydrogen-bond donors (Lipinski definition) is 3. The minimum absolute atomic E-state index is 0.0380. The molecule has 6 nitrogen and oxygen atoms in total. The summed E-state index contributed by atoms with van der Waals surface area (Å²) in [4.78, 5) is 24.2. The van der Waals surface area contributed by atoms with E-state index in [1.807, 2.05) is 38.1 Å². The van der Waals surface area contributed by atoms with Gasteiger partial charge in [0.05, 0.1) is 23.0 Å². The van der Waals surface area contributed by atoms with Gasteiger partial charge in [-0.2, -0.15) is 5.26 Å². The number of anilines is 1. The highest BCUT2D eigenvalue weighted by Gasteiger charge is 2.32. The molecule has 0 bridgehead atoms. The molecule has 3 N–H and O–H groups in total. The summed E-state index contributed by atoms with van der Waals surface area (Å²) in [6.07, 6.45) is 1.26. The van der Waals surface area contributed by atoms with Crippen LogP contribution in [0, 0.1) is 24.2 Å². The molecule has 0 saturated carbocycles. The monoisotopic (exact) mass is 419 g/mol. The second-order valence-electron chi connectivity index (χ2n) is 8.81. The zero-order chi connectivity index (χ0) is 22.8. The van der Waals surface area contributed by atoms with Crippen LogP contribution in [0.15, 0.2) is 36.4 Å². The number of fused-ring (bicyclic) bond motifs is 1. The Labute approximate surface area is 183 Å². The fraction of sp³-hybridized carbons (Fsp3) is 0.400. The van der Waals surface area contributed by atoms with Gasteiger partial charge >= 0.3 is 5.97 Å². The molecule has 1 heterocycles. The third-order valence-electron chi connectivity index (χ3n) is 6.38. The Kier molecular flexibility index (Phi) is 6.47. The van der Waals surface area contributed by atoms with Crippen LogP contribution >= 0.6 is 0 Å². The van der Waals surface area contributed by atoms with Gasteiger partial charge in [-0.25, -0.2) is 0 Å². The first kappa shape index (κ1) is 22.5. The number of hydrogen-bond acceptors (Lipinski definition) is 4. The quantitative estimate of drug-likeness (QED) is 0.637. The van der Waals surface area contributed by atoms with Crippen molar-refractivity contribution >= 4 is 17.6 Å². The van der Waals surface area contributed by atoms with Crippen molar-refractivity contribution in [1.82, 2.24) is 5.32 Å². The lowest BCUT2D eigenvalue weighted by atomic mass is 9.83. The average Bonchev–Trinajstić information content (AvgIpc) is 2.73. The van der Waals surface area contributed by atoms with Crippen LogP contribution in [0.1, 0.15) is 48.6 Å². The van der Waals surface area contributed by atoms with Crippen LogP contribution in [0.2, 0.25) is 0 Å². The molecule has 6 heteroatoms. The van der Waals surface area contributed by atoms with Gasteiger partial charge < -0.3 is 15.7 Å². The number of amides is 1. The molecular weight excluding hydrogens is 390 g/mol. The van der Waals surface area contributed by atoms with Gasteiger partial charge in [-0.15, -0.1) is 0 Å². The van der Waals surface area contributed by atoms with Crippen molar-refractivity contribution in [2.24, 2.45) is 5.92 Å². The van der Waals surface area contributed by atoms with Gasteiger partial charge in [-0.1, -0.05) is 24.3 Å². The number of nitrogens with one attached hydrogen (secondary N) is 2. The molecule has 0 aromatic heterocycles. The molecule has 0 fully saturated rings. The van der Waals surface area contributed by atoms with Crippen LogP contribution in [0.4, 0.5) is 5.69 Å². The molecule has 0 unspecified atom stereocenters. The Balaban J connectivity index is 1.67. The molecule has 0 saturated heterocycles. The van der Waals surface area contributed by atoms with E-state index in [0.29, 0.717) is 18.5 Å². The van der Waals surface area contributed by atoms with Crippen LogP contribution in [0.5, 0.6) is 0 Å². The zero-order valence-corrected chi connectivity index (χ0v) is 18.5. The van der Waals surface area contributed by atoms with E-state index in [9.17, 15) is 20.0 Å². The molecule has 2 aromatic rings. The second-order valence-corrected chi connectivity index (χ2v) is 8.81. The first-order valence-electron chi connectivity index (χ1n) is 10.5. The summed E-state index contributed by atoms with van der Waals surface area (Å²) in [5.41, 5.74) is 4.25. The highest BCUT2D eigenvalue weighted by molar-refractivity contribution is 5.96. The van der Waals surface area contributed by atoms with Crippen LogP contribution in [-0.4, -0.2) is 29.6 Å². The summed E-state index contributed by atoms with van der Waals surface area (Å²) in [7, 11) is 0. The van der Waals surface area contributed by atoms with E-state index in [4.69, 9.17) is 0 Å². The number of aliphatic carboxylic acids is 1. The molecule has 31 heavy (non-hydrogen) atoms. The van der Waals surface area contributed by atoms with Gasteiger partial charge in [0.25, 0.3) is 0 Å². The Morgan fingerprint density at radius 2 is 2.10 bits per heavy atom. The van der Waals surface area contributed by atoms with Crippen LogP contribution < -0.4 is 10.6 Å². The minimum atomic E-state index is -0.949. The Morgan fingerprint density at radius 1 is 1.35 bits per heavy atom. The molecule has 1 aliphatic heterocycles. The lowest BCUT2D eigenvalue weighted by Crippen LogP contribution is -2.44. The van der Waals surface area contributed by atoms with Crippen molar-refractivity contribution in [1.29, 1.82) is 5.26 Å². The largest absolute Gasteiger partial charge is 0.481 e. The van der Waals surface area contributed by atoms with E-state index >= 15 is 0 Å². The first-order valence-corrected chi connectivity index (χ1v) is 10.5. The molecular formula is C25H29N3O3. The van der Waals surface area contributed by atoms with Crippen LogP contribution in [0.25, 0.3) is 0 Å². The standard InChI is InChI=1S/C25H29N3O3/c1-15-8-9-19(25(3,4)24(30)31)12-17(15)10-11-27-16(2)20-13-21-18(14-26)6-5-7-22(21)28-23(20)29/h5-9,12,16,20,27H,10-11,13H2,1-4H3,(H,28,29)(H,30,31)/t16-,20+/m1/s1. The summed E-state index contributed by atoms with van der Waals surface area (Å²) in [5.74, 6) is -1.15. The zero-order valence-electron chi connectivity index (χ0n) is 18.5. The second kappa shape index (κ2) is 8.91. The SMILES string of the molecule is Cc1ccc(C(C)(C)C(=O)O)cc1CCN[C@H](C)[C@@H]1Cc2c(C#N)cccc2NC1=O. The number of carbonyl (C=O) groups excluding carboxylic acids is 1. The summed E-state index contributed by atoms with van der Waals surface area (Å²) in [6.45, 7) is 8.08. The molecule has 0 spiro atoms. The van der Waals surface area contributed by atoms with Gasteiger partial charge in [0.1, 0.15) is 0 Å². The highest BCUT2D eigenvalue weighted by Crippen LogP contribution is 2.30. The van der Waals surface area contributed by atoms with Crippen molar-refractivity contribution in [3.05, 3.63) is 64.2 Å². The lowest BCUT2D eigenvalue weighted by Gasteiger charge is -2.30. The maximum Gasteiger partial charge on any atom is 0.313 e. The summed E-state index contributed by atoms with van der Waals surface area (Å²) >= 11 is 0. The number of carbonyl (C=O) groups is 2. The van der Waals surface area contributed by atoms with Crippen LogP contribution in [0.3, 0.4) is 0 Å². The summed E-state index contributed by atoms with van der Waals surface area (Å²) < 4.78 is 0. The van der Waals surface area contributed by atoms with Gasteiger partial charge in [0.2, 0.25) is 5.91 Å². The Bertz CT molecular complexity index is 1050. The van der Waals surface area contributed by atoms with Gasteiger partial charge in [0, 0.05) is 11.7 Å². The summed E-state index contributed by atoms with van der Waals surface area (Å²) in [6, 6.07) is 13.3. The average molecular weight is 420 g/mol. The molecule has 0 radical (unpaired) electrons. The third kappa shape index (κ3) is 4.62. The van der Waals surface area contributed by atoms with Gasteiger partial charge in [-0.05, 0) is 81.5 Å². The number of rotatable bonds is 7. The number of carboxylic acid groups (broad SMARTS) is 1. The van der Waals surface area contributed by atoms with Crippen molar-refractivity contribution in [2.45, 2.75) is 52.0 Å².